The number of nitrogens with one attached hydrogen (secondary N) is 1. The van der Waals surface area contributed by atoms with Crippen molar-refractivity contribution >= 4 is 27.6 Å². The fourth-order valence-corrected chi connectivity index (χ4v) is 3.72. The van der Waals surface area contributed by atoms with Gasteiger partial charge in [-0.25, -0.2) is 13.1 Å². The molecule has 2 aromatic rings. The van der Waals surface area contributed by atoms with Crippen molar-refractivity contribution in [1.29, 1.82) is 0 Å². The minimum Gasteiger partial charge on any atom is -0.481 e. The second-order valence-electron chi connectivity index (χ2n) is 5.28. The van der Waals surface area contributed by atoms with E-state index in [0.29, 0.717) is 6.42 Å². The number of carbonyl (C=O) groups is 1. The number of hydrogen-bond donors (Lipinski definition) is 2. The van der Waals surface area contributed by atoms with Gasteiger partial charge in [0.25, 0.3) is 0 Å². The summed E-state index contributed by atoms with van der Waals surface area (Å²) in [6.45, 7) is 0. The molecule has 2 N–H and O–H groups in total. The summed E-state index contributed by atoms with van der Waals surface area (Å²) in [6, 6.07) is 10.0. The van der Waals surface area contributed by atoms with Crippen molar-refractivity contribution in [1.82, 2.24) is 9.71 Å². The molecule has 0 aliphatic heterocycles. The van der Waals surface area contributed by atoms with Crippen LogP contribution in [0.15, 0.2) is 53.7 Å². The Kier molecular flexibility index (Phi) is 6.30. The first kappa shape index (κ1) is 18.4. The Bertz CT molecular complexity index is 797. The third kappa shape index (κ3) is 5.59. The minimum absolute atomic E-state index is 0.0524. The zero-order valence-corrected chi connectivity index (χ0v) is 14.3. The van der Waals surface area contributed by atoms with Gasteiger partial charge in [0.05, 0.1) is 5.02 Å². The predicted octanol–water partition coefficient (Wildman–Crippen LogP) is 2.49. The van der Waals surface area contributed by atoms with Crippen molar-refractivity contribution in [3.8, 4) is 0 Å². The van der Waals surface area contributed by atoms with Crippen LogP contribution in [0.25, 0.3) is 0 Å². The zero-order chi connectivity index (χ0) is 17.6. The number of sulfonamides is 1. The van der Waals surface area contributed by atoms with Crippen LogP contribution in [0.2, 0.25) is 5.02 Å². The first-order valence-electron chi connectivity index (χ1n) is 7.25. The average Bonchev–Trinajstić information content (AvgIpc) is 2.53. The van der Waals surface area contributed by atoms with Gasteiger partial charge in [-0.2, -0.15) is 0 Å². The number of aliphatic carboxylic acids is 1. The molecule has 2 rings (SSSR count). The topological polar surface area (TPSA) is 96.4 Å². The Morgan fingerprint density at radius 1 is 1.25 bits per heavy atom. The van der Waals surface area contributed by atoms with Crippen molar-refractivity contribution in [2.45, 2.75) is 30.2 Å². The summed E-state index contributed by atoms with van der Waals surface area (Å²) < 4.78 is 27.5. The van der Waals surface area contributed by atoms with Crippen LogP contribution < -0.4 is 4.72 Å². The van der Waals surface area contributed by atoms with E-state index in [1.165, 1.54) is 18.5 Å². The van der Waals surface area contributed by atoms with Crippen LogP contribution in [-0.2, 0) is 21.2 Å². The summed E-state index contributed by atoms with van der Waals surface area (Å²) in [5.74, 6) is -0.975. The largest absolute Gasteiger partial charge is 0.481 e. The molecule has 0 radical (unpaired) electrons. The first-order valence-corrected chi connectivity index (χ1v) is 9.11. The van der Waals surface area contributed by atoms with Crippen molar-refractivity contribution < 1.29 is 18.3 Å². The summed E-state index contributed by atoms with van der Waals surface area (Å²) in [6.07, 6.45) is 2.98. The number of carboxylic acid groups (broad SMARTS) is 1. The zero-order valence-electron chi connectivity index (χ0n) is 12.7. The van der Waals surface area contributed by atoms with E-state index >= 15 is 0 Å². The molecule has 1 heterocycles. The Hall–Kier alpha value is -1.96. The fraction of sp³-hybridized carbons (Fsp3) is 0.250. The molecule has 0 amide bonds. The summed E-state index contributed by atoms with van der Waals surface area (Å²) in [5, 5.41) is 9.09. The molecular weight excluding hydrogens is 352 g/mol. The smallest absolute Gasteiger partial charge is 0.303 e. The van der Waals surface area contributed by atoms with E-state index in [1.807, 2.05) is 30.3 Å². The summed E-state index contributed by atoms with van der Waals surface area (Å²) >= 11 is 5.79. The number of benzene rings is 1. The number of halogens is 1. The van der Waals surface area contributed by atoms with Crippen molar-refractivity contribution in [3.05, 3.63) is 59.4 Å². The van der Waals surface area contributed by atoms with Crippen LogP contribution in [0.1, 0.15) is 18.4 Å². The van der Waals surface area contributed by atoms with Gasteiger partial charge in [0.2, 0.25) is 10.0 Å². The van der Waals surface area contributed by atoms with Gasteiger partial charge in [0.1, 0.15) is 4.90 Å². The molecule has 1 aromatic carbocycles. The lowest BCUT2D eigenvalue weighted by molar-refractivity contribution is -0.137. The van der Waals surface area contributed by atoms with Gasteiger partial charge in [0, 0.05) is 24.9 Å². The number of carboxylic acids is 1. The molecule has 6 nitrogen and oxygen atoms in total. The molecule has 128 valence electrons. The lowest BCUT2D eigenvalue weighted by Gasteiger charge is -2.18. The third-order valence-corrected chi connectivity index (χ3v) is 5.04. The summed E-state index contributed by atoms with van der Waals surface area (Å²) in [4.78, 5) is 14.6. The SMILES string of the molecule is O=C(O)CCC(Cc1ccccc1)NS(=O)(=O)c1cncc(Cl)c1. The maximum absolute atomic E-state index is 12.5. The minimum atomic E-state index is -3.84. The highest BCUT2D eigenvalue weighted by Gasteiger charge is 2.21. The molecule has 0 spiro atoms. The van der Waals surface area contributed by atoms with Crippen molar-refractivity contribution in [2.75, 3.05) is 0 Å². The highest BCUT2D eigenvalue weighted by atomic mass is 35.5. The van der Waals surface area contributed by atoms with E-state index in [2.05, 4.69) is 9.71 Å². The van der Waals surface area contributed by atoms with Gasteiger partial charge in [-0.15, -0.1) is 0 Å². The third-order valence-electron chi connectivity index (χ3n) is 3.34. The fourth-order valence-electron chi connectivity index (χ4n) is 2.23. The van der Waals surface area contributed by atoms with E-state index in [1.54, 1.807) is 0 Å². The maximum atomic E-state index is 12.5. The Labute approximate surface area is 145 Å². The highest BCUT2D eigenvalue weighted by Crippen LogP contribution is 2.16. The molecule has 1 aromatic heterocycles. The Morgan fingerprint density at radius 3 is 2.58 bits per heavy atom. The van der Waals surface area contributed by atoms with E-state index < -0.39 is 22.0 Å². The van der Waals surface area contributed by atoms with Crippen LogP contribution >= 0.6 is 11.6 Å². The lowest BCUT2D eigenvalue weighted by atomic mass is 10.0. The first-order chi connectivity index (χ1) is 11.4. The van der Waals surface area contributed by atoms with Gasteiger partial charge in [-0.05, 0) is 24.5 Å². The molecule has 0 aliphatic rings. The van der Waals surface area contributed by atoms with Crippen LogP contribution in [-0.4, -0.2) is 30.5 Å². The molecule has 0 saturated carbocycles. The van der Waals surface area contributed by atoms with Gasteiger partial charge in [-0.3, -0.25) is 9.78 Å². The summed E-state index contributed by atoms with van der Waals surface area (Å²) in [7, 11) is -3.84. The van der Waals surface area contributed by atoms with E-state index in [0.717, 1.165) is 5.56 Å². The molecule has 24 heavy (non-hydrogen) atoms. The summed E-state index contributed by atoms with van der Waals surface area (Å²) in [5.41, 5.74) is 0.916. The van der Waals surface area contributed by atoms with Gasteiger partial charge >= 0.3 is 5.97 Å². The van der Waals surface area contributed by atoms with Gasteiger partial charge in [-0.1, -0.05) is 41.9 Å². The highest BCUT2D eigenvalue weighted by molar-refractivity contribution is 7.89. The standard InChI is InChI=1S/C16H17ClN2O4S/c17-13-9-15(11-18-10-13)24(22,23)19-14(6-7-16(20)21)8-12-4-2-1-3-5-12/h1-5,9-11,14,19H,6-8H2,(H,20,21). The van der Waals surface area contributed by atoms with Crippen LogP contribution in [0.3, 0.4) is 0 Å². The molecule has 1 atom stereocenters. The molecular formula is C16H17ClN2O4S. The van der Waals surface area contributed by atoms with Crippen LogP contribution in [0, 0.1) is 0 Å². The van der Waals surface area contributed by atoms with Gasteiger partial charge < -0.3 is 5.11 Å². The molecule has 1 unspecified atom stereocenters. The van der Waals surface area contributed by atoms with E-state index in [4.69, 9.17) is 16.7 Å². The molecule has 8 heteroatoms. The number of rotatable bonds is 8. The van der Waals surface area contributed by atoms with Crippen LogP contribution in [0.4, 0.5) is 0 Å². The van der Waals surface area contributed by atoms with Crippen molar-refractivity contribution in [2.24, 2.45) is 0 Å². The molecule has 0 aliphatic carbocycles. The quantitative estimate of drug-likeness (QED) is 0.746. The second-order valence-corrected chi connectivity index (χ2v) is 7.43. The van der Waals surface area contributed by atoms with Gasteiger partial charge in [0.15, 0.2) is 0 Å². The number of hydrogen-bond acceptors (Lipinski definition) is 4. The van der Waals surface area contributed by atoms with Crippen LogP contribution in [0.5, 0.6) is 0 Å². The maximum Gasteiger partial charge on any atom is 0.303 e. The number of nitrogens with zero attached hydrogens (tertiary/aromatic N) is 1. The normalized spacial score (nSPS) is 12.7. The lowest BCUT2D eigenvalue weighted by Crippen LogP contribution is -2.37. The molecule has 0 bridgehead atoms. The number of aromatic nitrogens is 1. The molecule has 0 saturated heterocycles. The Balaban J connectivity index is 2.18. The number of pyridine rings is 1. The molecule has 0 fully saturated rings. The monoisotopic (exact) mass is 368 g/mol. The van der Waals surface area contributed by atoms with E-state index in [-0.39, 0.29) is 22.8 Å². The average molecular weight is 369 g/mol. The second kappa shape index (κ2) is 8.23. The van der Waals surface area contributed by atoms with E-state index in [9.17, 15) is 13.2 Å². The Morgan fingerprint density at radius 2 is 1.96 bits per heavy atom. The van der Waals surface area contributed by atoms with Crippen molar-refractivity contribution in [3.63, 3.8) is 0 Å². The predicted molar refractivity (Wildman–Crippen MR) is 90.4 cm³/mol.